The van der Waals surface area contributed by atoms with Gasteiger partial charge in [-0.05, 0) is 44.4 Å². The third kappa shape index (κ3) is 6.33. The van der Waals surface area contributed by atoms with Gasteiger partial charge in [-0.15, -0.1) is 0 Å². The molecule has 4 rings (SSSR count). The number of nitrogens with two attached hydrogens (primary N) is 1. The van der Waals surface area contributed by atoms with Crippen molar-refractivity contribution in [3.63, 3.8) is 0 Å². The number of allylic oxidation sites excluding steroid dienone is 2. The van der Waals surface area contributed by atoms with Gasteiger partial charge in [-0.2, -0.15) is 0 Å². The lowest BCUT2D eigenvalue weighted by molar-refractivity contribution is 0.348. The van der Waals surface area contributed by atoms with Crippen LogP contribution in [-0.4, -0.2) is 54.7 Å². The molecule has 3 N–H and O–H groups in total. The van der Waals surface area contributed by atoms with E-state index in [1.165, 1.54) is 32.2 Å². The second-order valence-electron chi connectivity index (χ2n) is 9.35. The van der Waals surface area contributed by atoms with Crippen LogP contribution >= 0.6 is 0 Å². The molecule has 0 amide bonds. The first-order valence-corrected chi connectivity index (χ1v) is 14.0. The van der Waals surface area contributed by atoms with Gasteiger partial charge in [0.2, 0.25) is 0 Å². The summed E-state index contributed by atoms with van der Waals surface area (Å²) in [6.45, 7) is 3.23. The van der Waals surface area contributed by atoms with Crippen molar-refractivity contribution < 1.29 is 21.7 Å². The van der Waals surface area contributed by atoms with Gasteiger partial charge in [-0.3, -0.25) is 4.39 Å². The van der Waals surface area contributed by atoms with Crippen LogP contribution in [-0.2, 0) is 9.84 Å². The Balaban J connectivity index is 1.49. The first-order valence-electron chi connectivity index (χ1n) is 12.4. The molecule has 202 valence electrons. The number of anilines is 1. The second-order valence-corrected chi connectivity index (χ2v) is 11.7. The Morgan fingerprint density at radius 3 is 2.66 bits per heavy atom. The largest absolute Gasteiger partial charge is 0.382 e. The van der Waals surface area contributed by atoms with Gasteiger partial charge in [-0.25, -0.2) is 22.8 Å². The van der Waals surface area contributed by atoms with Crippen LogP contribution in [0.15, 0.2) is 69.7 Å². The summed E-state index contributed by atoms with van der Waals surface area (Å²) in [5.74, 6) is 0.557. The molecule has 1 aromatic carbocycles. The van der Waals surface area contributed by atoms with Gasteiger partial charge in [0.05, 0.1) is 34.4 Å². The number of nitrogens with zero attached hydrogens (tertiary/aromatic N) is 3. The van der Waals surface area contributed by atoms with Crippen LogP contribution in [0.5, 0.6) is 0 Å². The number of hydrogen-bond acceptors (Lipinski definition) is 8. The number of halogens is 2. The van der Waals surface area contributed by atoms with E-state index in [-0.39, 0.29) is 23.1 Å². The minimum atomic E-state index is -3.63. The minimum absolute atomic E-state index is 0.0167. The summed E-state index contributed by atoms with van der Waals surface area (Å²) in [5.41, 5.74) is 9.34. The fourth-order valence-electron chi connectivity index (χ4n) is 4.08. The Morgan fingerprint density at radius 1 is 1.24 bits per heavy atom. The summed E-state index contributed by atoms with van der Waals surface area (Å²) < 4.78 is 56.4. The minimum Gasteiger partial charge on any atom is -0.382 e. The highest BCUT2D eigenvalue weighted by Gasteiger charge is 2.23. The average molecular weight is 544 g/mol. The molecule has 0 fully saturated rings. The topological polar surface area (TPSA) is 124 Å². The van der Waals surface area contributed by atoms with Gasteiger partial charge >= 0.3 is 0 Å². The maximum atomic E-state index is 13.0. The van der Waals surface area contributed by atoms with Crippen molar-refractivity contribution in [1.29, 1.82) is 0 Å². The molecule has 2 aromatic heterocycles. The molecule has 1 aliphatic rings. The fourth-order valence-corrected chi connectivity index (χ4v) is 5.46. The van der Waals surface area contributed by atoms with Crippen LogP contribution in [0.2, 0.25) is 0 Å². The van der Waals surface area contributed by atoms with E-state index < -0.39 is 27.9 Å². The molecule has 38 heavy (non-hydrogen) atoms. The number of sulfone groups is 1. The van der Waals surface area contributed by atoms with Crippen LogP contribution in [0.4, 0.5) is 14.6 Å². The van der Waals surface area contributed by atoms with E-state index in [1.54, 1.807) is 18.2 Å². The van der Waals surface area contributed by atoms with Crippen LogP contribution in [0.3, 0.4) is 0 Å². The second kappa shape index (κ2) is 12.0. The highest BCUT2D eigenvalue weighted by atomic mass is 32.2. The Hall–Kier alpha value is -3.44. The van der Waals surface area contributed by atoms with Crippen LogP contribution in [0, 0.1) is 0 Å². The molecule has 3 atom stereocenters. The monoisotopic (exact) mass is 543 g/mol. The van der Waals surface area contributed by atoms with Gasteiger partial charge in [-0.1, -0.05) is 35.5 Å². The van der Waals surface area contributed by atoms with Gasteiger partial charge in [0, 0.05) is 30.6 Å². The van der Waals surface area contributed by atoms with Crippen molar-refractivity contribution in [3.05, 3.63) is 66.0 Å². The van der Waals surface area contributed by atoms with Crippen molar-refractivity contribution in [2.24, 2.45) is 0 Å². The highest BCUT2D eigenvalue weighted by molar-refractivity contribution is 7.92. The Bertz CT molecular complexity index is 1420. The first kappa shape index (κ1) is 27.6. The van der Waals surface area contributed by atoms with Crippen LogP contribution in [0.25, 0.3) is 22.7 Å². The molecule has 3 unspecified atom stereocenters. The molecule has 0 radical (unpaired) electrons. The number of nitrogens with one attached hydrogen (secondary N) is 1. The summed E-state index contributed by atoms with van der Waals surface area (Å²) in [6, 6.07) is 8.00. The standard InChI is InChI=1S/C27H31F2N5O3S/c1-17(29)14-31-15-19-3-5-20(6-4-19)23-13-25(37-34-23)26-27(30)32-16-24(33-26)21-7-9-22(10-8-21)38(35,36)18(2)11-12-28/h3-5,7-10,13,16-18,20,31H,6,11-12,14-15H2,1-2H3,(H2,30,32). The lowest BCUT2D eigenvalue weighted by Crippen LogP contribution is -2.24. The maximum Gasteiger partial charge on any atom is 0.189 e. The highest BCUT2D eigenvalue weighted by Crippen LogP contribution is 2.32. The zero-order chi connectivity index (χ0) is 27.3. The van der Waals surface area contributed by atoms with Crippen molar-refractivity contribution >= 4 is 15.7 Å². The molecule has 0 saturated heterocycles. The summed E-state index contributed by atoms with van der Waals surface area (Å²) in [4.78, 5) is 8.96. The van der Waals surface area contributed by atoms with Gasteiger partial charge in [0.25, 0.3) is 0 Å². The molecule has 11 heteroatoms. The van der Waals surface area contributed by atoms with E-state index in [0.717, 1.165) is 17.7 Å². The predicted octanol–water partition coefficient (Wildman–Crippen LogP) is 4.82. The maximum absolute atomic E-state index is 13.0. The molecule has 0 saturated carbocycles. The van der Waals surface area contributed by atoms with E-state index in [2.05, 4.69) is 26.5 Å². The normalized spacial score (nSPS) is 17.3. The molecule has 1 aliphatic carbocycles. The summed E-state index contributed by atoms with van der Waals surface area (Å²) in [5, 5.41) is 6.47. The van der Waals surface area contributed by atoms with Gasteiger partial charge < -0.3 is 15.6 Å². The lowest BCUT2D eigenvalue weighted by Gasteiger charge is -2.14. The van der Waals surface area contributed by atoms with Gasteiger partial charge in [0.15, 0.2) is 27.1 Å². The third-order valence-corrected chi connectivity index (χ3v) is 8.62. The van der Waals surface area contributed by atoms with Crippen LogP contribution in [0.1, 0.15) is 38.3 Å². The number of aromatic nitrogens is 3. The molecule has 3 aromatic rings. The zero-order valence-corrected chi connectivity index (χ0v) is 22.1. The Labute approximate surface area is 221 Å². The number of alkyl halides is 2. The summed E-state index contributed by atoms with van der Waals surface area (Å²) in [7, 11) is -3.63. The molecule has 8 nitrogen and oxygen atoms in total. The van der Waals surface area contributed by atoms with E-state index in [4.69, 9.17) is 10.3 Å². The first-order chi connectivity index (χ1) is 18.2. The molecular weight excluding hydrogens is 512 g/mol. The quantitative estimate of drug-likeness (QED) is 0.353. The van der Waals surface area contributed by atoms with E-state index in [0.29, 0.717) is 35.8 Å². The molecule has 0 spiro atoms. The zero-order valence-electron chi connectivity index (χ0n) is 21.3. The number of hydrogen-bond donors (Lipinski definition) is 2. The number of nitrogen functional groups attached to an aromatic ring is 1. The van der Waals surface area contributed by atoms with Crippen molar-refractivity contribution in [1.82, 2.24) is 20.4 Å². The Morgan fingerprint density at radius 2 is 2.00 bits per heavy atom. The van der Waals surface area contributed by atoms with E-state index in [9.17, 15) is 17.2 Å². The molecule has 0 aliphatic heterocycles. The molecule has 2 heterocycles. The summed E-state index contributed by atoms with van der Waals surface area (Å²) in [6.07, 6.45) is 7.40. The van der Waals surface area contributed by atoms with E-state index >= 15 is 0 Å². The predicted molar refractivity (Wildman–Crippen MR) is 143 cm³/mol. The average Bonchev–Trinajstić information content (AvgIpc) is 3.39. The SMILES string of the molecule is CC(F)CNCC1=CCC(c2cc(-c3nc(-c4ccc(S(=O)(=O)C(C)CCF)cc4)cnc3N)on2)C=C1. The van der Waals surface area contributed by atoms with Crippen LogP contribution < -0.4 is 11.1 Å². The van der Waals surface area contributed by atoms with Crippen molar-refractivity contribution in [3.8, 4) is 22.7 Å². The lowest BCUT2D eigenvalue weighted by atomic mass is 9.93. The van der Waals surface area contributed by atoms with E-state index in [1.807, 2.05) is 12.2 Å². The fraction of sp³-hybridized carbons (Fsp3) is 0.370. The van der Waals surface area contributed by atoms with Gasteiger partial charge in [0.1, 0.15) is 6.17 Å². The number of benzene rings is 1. The molecular formula is C27H31F2N5O3S. The molecule has 0 bridgehead atoms. The summed E-state index contributed by atoms with van der Waals surface area (Å²) >= 11 is 0. The third-order valence-electron chi connectivity index (χ3n) is 6.40. The Kier molecular flexibility index (Phi) is 8.68. The van der Waals surface area contributed by atoms with Crippen molar-refractivity contribution in [2.45, 2.75) is 48.9 Å². The smallest absolute Gasteiger partial charge is 0.189 e. The van der Waals surface area contributed by atoms with Crippen molar-refractivity contribution in [2.75, 3.05) is 25.5 Å². The number of rotatable bonds is 11.